The molecule has 0 fully saturated rings. The Morgan fingerprint density at radius 3 is 2.55 bits per heavy atom. The first-order valence-corrected chi connectivity index (χ1v) is 3.69. The standard InChI is InChI=1S/C8H9ClN2/c1-11(10-7-9)8-5-3-2-4-6-8/h2-7H,1H3/b10-7-. The van der Waals surface area contributed by atoms with Crippen LogP contribution in [0.4, 0.5) is 5.69 Å². The minimum Gasteiger partial charge on any atom is -0.268 e. The highest BCUT2D eigenvalue weighted by Crippen LogP contribution is 2.10. The summed E-state index contributed by atoms with van der Waals surface area (Å²) in [4.78, 5) is 0. The Morgan fingerprint density at radius 2 is 2.00 bits per heavy atom. The van der Waals surface area contributed by atoms with Crippen LogP contribution in [-0.4, -0.2) is 12.7 Å². The number of hydrogen-bond donors (Lipinski definition) is 0. The fourth-order valence-electron chi connectivity index (χ4n) is 0.776. The van der Waals surface area contributed by atoms with Gasteiger partial charge in [0.25, 0.3) is 0 Å². The molecule has 1 aromatic rings. The van der Waals surface area contributed by atoms with Crippen LogP contribution in [-0.2, 0) is 0 Å². The molecule has 1 aromatic carbocycles. The summed E-state index contributed by atoms with van der Waals surface area (Å²) in [5, 5.41) is 5.57. The molecule has 0 atom stereocenters. The Morgan fingerprint density at radius 1 is 1.36 bits per heavy atom. The van der Waals surface area contributed by atoms with E-state index in [1.165, 1.54) is 5.67 Å². The van der Waals surface area contributed by atoms with E-state index in [0.29, 0.717) is 0 Å². The van der Waals surface area contributed by atoms with E-state index in [1.807, 2.05) is 37.4 Å². The average Bonchev–Trinajstić information content (AvgIpc) is 2.07. The van der Waals surface area contributed by atoms with Crippen molar-refractivity contribution in [2.75, 3.05) is 12.1 Å². The van der Waals surface area contributed by atoms with Crippen molar-refractivity contribution in [3.05, 3.63) is 30.3 Å². The second-order valence-electron chi connectivity index (χ2n) is 2.07. The van der Waals surface area contributed by atoms with Gasteiger partial charge < -0.3 is 0 Å². The zero-order valence-corrected chi connectivity index (χ0v) is 6.99. The maximum absolute atomic E-state index is 5.31. The topological polar surface area (TPSA) is 15.6 Å². The number of halogens is 1. The van der Waals surface area contributed by atoms with Crippen LogP contribution in [0.15, 0.2) is 35.4 Å². The van der Waals surface area contributed by atoms with E-state index in [1.54, 1.807) is 5.01 Å². The van der Waals surface area contributed by atoms with E-state index in [2.05, 4.69) is 5.10 Å². The van der Waals surface area contributed by atoms with Gasteiger partial charge in [-0.05, 0) is 12.1 Å². The van der Waals surface area contributed by atoms with Gasteiger partial charge in [-0.15, -0.1) is 0 Å². The van der Waals surface area contributed by atoms with Crippen LogP contribution in [0.2, 0.25) is 0 Å². The summed E-state index contributed by atoms with van der Waals surface area (Å²) in [5.74, 6) is 0. The zero-order valence-electron chi connectivity index (χ0n) is 6.24. The molecule has 58 valence electrons. The Hall–Kier alpha value is -1.02. The summed E-state index contributed by atoms with van der Waals surface area (Å²) in [5.41, 5.74) is 2.26. The lowest BCUT2D eigenvalue weighted by Crippen LogP contribution is -2.07. The highest BCUT2D eigenvalue weighted by molar-refractivity contribution is 6.56. The number of hydrazone groups is 1. The molecule has 0 heterocycles. The van der Waals surface area contributed by atoms with Crippen molar-refractivity contribution in [3.8, 4) is 0 Å². The van der Waals surface area contributed by atoms with Gasteiger partial charge >= 0.3 is 0 Å². The third-order valence-corrected chi connectivity index (χ3v) is 1.43. The smallest absolute Gasteiger partial charge is 0.113 e. The van der Waals surface area contributed by atoms with E-state index in [4.69, 9.17) is 11.6 Å². The van der Waals surface area contributed by atoms with Crippen LogP contribution < -0.4 is 5.01 Å². The van der Waals surface area contributed by atoms with Gasteiger partial charge in [-0.3, -0.25) is 5.01 Å². The minimum absolute atomic E-state index is 1.02. The molecule has 2 nitrogen and oxygen atoms in total. The summed E-state index contributed by atoms with van der Waals surface area (Å²) in [7, 11) is 1.84. The Bertz CT molecular complexity index is 233. The molecular formula is C8H9ClN2. The molecular weight excluding hydrogens is 160 g/mol. The summed E-state index contributed by atoms with van der Waals surface area (Å²) in [6.07, 6.45) is 0. The molecule has 0 spiro atoms. The number of benzene rings is 1. The number of hydrogen-bond acceptors (Lipinski definition) is 2. The first kappa shape index (κ1) is 8.08. The molecule has 0 aliphatic carbocycles. The molecule has 1 rings (SSSR count). The van der Waals surface area contributed by atoms with Gasteiger partial charge in [0, 0.05) is 7.05 Å². The van der Waals surface area contributed by atoms with Crippen molar-refractivity contribution in [2.45, 2.75) is 0 Å². The largest absolute Gasteiger partial charge is 0.268 e. The van der Waals surface area contributed by atoms with Gasteiger partial charge in [0.2, 0.25) is 0 Å². The maximum atomic E-state index is 5.31. The lowest BCUT2D eigenvalue weighted by Gasteiger charge is -2.10. The van der Waals surface area contributed by atoms with Gasteiger partial charge in [0.15, 0.2) is 0 Å². The van der Waals surface area contributed by atoms with Crippen LogP contribution >= 0.6 is 11.6 Å². The lowest BCUT2D eigenvalue weighted by atomic mass is 10.3. The van der Waals surface area contributed by atoms with E-state index in [-0.39, 0.29) is 0 Å². The fourth-order valence-corrected chi connectivity index (χ4v) is 0.907. The van der Waals surface area contributed by atoms with Crippen molar-refractivity contribution in [1.82, 2.24) is 0 Å². The molecule has 0 N–H and O–H groups in total. The molecule has 0 amide bonds. The molecule has 0 unspecified atom stereocenters. The van der Waals surface area contributed by atoms with E-state index >= 15 is 0 Å². The van der Waals surface area contributed by atoms with Crippen LogP contribution in [0.5, 0.6) is 0 Å². The molecule has 0 aliphatic heterocycles. The Balaban J connectivity index is 2.76. The molecule has 0 bridgehead atoms. The third kappa shape index (κ3) is 2.24. The summed E-state index contributed by atoms with van der Waals surface area (Å²) < 4.78 is 0. The van der Waals surface area contributed by atoms with Gasteiger partial charge in [0.05, 0.1) is 5.69 Å². The molecule has 0 aliphatic rings. The van der Waals surface area contributed by atoms with Gasteiger partial charge in [0.1, 0.15) is 5.67 Å². The Labute approximate surface area is 71.1 Å². The van der Waals surface area contributed by atoms with Crippen molar-refractivity contribution in [1.29, 1.82) is 0 Å². The highest BCUT2D eigenvalue weighted by atomic mass is 35.5. The molecule has 11 heavy (non-hydrogen) atoms. The molecule has 0 saturated carbocycles. The first-order chi connectivity index (χ1) is 5.34. The normalized spacial score (nSPS) is 10.4. The monoisotopic (exact) mass is 168 g/mol. The number of nitrogens with zero attached hydrogens (tertiary/aromatic N) is 2. The van der Waals surface area contributed by atoms with E-state index < -0.39 is 0 Å². The first-order valence-electron chi connectivity index (χ1n) is 3.26. The Kier molecular flexibility index (Phi) is 2.93. The highest BCUT2D eigenvalue weighted by Gasteiger charge is 1.92. The molecule has 0 radical (unpaired) electrons. The predicted molar refractivity (Wildman–Crippen MR) is 49.2 cm³/mol. The summed E-state index contributed by atoms with van der Waals surface area (Å²) in [6, 6.07) is 9.79. The van der Waals surface area contributed by atoms with Gasteiger partial charge in [-0.25, -0.2) is 0 Å². The van der Waals surface area contributed by atoms with E-state index in [9.17, 15) is 0 Å². The third-order valence-electron chi connectivity index (χ3n) is 1.35. The second-order valence-corrected chi connectivity index (χ2v) is 2.27. The number of rotatable bonds is 2. The van der Waals surface area contributed by atoms with E-state index in [0.717, 1.165) is 5.69 Å². The maximum Gasteiger partial charge on any atom is 0.113 e. The quantitative estimate of drug-likeness (QED) is 0.489. The predicted octanol–water partition coefficient (Wildman–Crippen LogP) is 2.30. The van der Waals surface area contributed by atoms with Gasteiger partial charge in [-0.2, -0.15) is 5.10 Å². The number of para-hydroxylation sites is 1. The average molecular weight is 169 g/mol. The SMILES string of the molecule is CN(/N=C\Cl)c1ccccc1. The van der Waals surface area contributed by atoms with Crippen LogP contribution in [0.25, 0.3) is 0 Å². The zero-order chi connectivity index (χ0) is 8.10. The second kappa shape index (κ2) is 3.98. The minimum atomic E-state index is 1.02. The van der Waals surface area contributed by atoms with Crippen molar-refractivity contribution in [2.24, 2.45) is 5.10 Å². The molecule has 0 saturated heterocycles. The van der Waals surface area contributed by atoms with Crippen molar-refractivity contribution < 1.29 is 0 Å². The molecule has 3 heteroatoms. The fraction of sp³-hybridized carbons (Fsp3) is 0.125. The van der Waals surface area contributed by atoms with Crippen molar-refractivity contribution >= 4 is 23.0 Å². The van der Waals surface area contributed by atoms with Crippen LogP contribution in [0, 0.1) is 0 Å². The number of anilines is 1. The lowest BCUT2D eigenvalue weighted by molar-refractivity contribution is 1.03. The summed E-state index contributed by atoms with van der Waals surface area (Å²) in [6.45, 7) is 0. The van der Waals surface area contributed by atoms with Crippen molar-refractivity contribution in [3.63, 3.8) is 0 Å². The molecule has 0 aromatic heterocycles. The summed E-state index contributed by atoms with van der Waals surface area (Å²) >= 11 is 5.31. The van der Waals surface area contributed by atoms with Gasteiger partial charge in [-0.1, -0.05) is 29.8 Å². The van der Waals surface area contributed by atoms with Crippen LogP contribution in [0.3, 0.4) is 0 Å². The van der Waals surface area contributed by atoms with Crippen LogP contribution in [0.1, 0.15) is 0 Å².